The normalized spacial score (nSPS) is 22.7. The van der Waals surface area contributed by atoms with E-state index >= 15 is 0 Å². The first kappa shape index (κ1) is 11.4. The molecule has 0 saturated carbocycles. The predicted molar refractivity (Wildman–Crippen MR) is 57.0 cm³/mol. The average Bonchev–Trinajstić information content (AvgIpc) is 2.85. The fourth-order valence-electron chi connectivity index (χ4n) is 1.93. The van der Waals surface area contributed by atoms with Crippen LogP contribution >= 0.6 is 0 Å². The Hall–Kier alpha value is -1.12. The Balaban J connectivity index is 2.36. The summed E-state index contributed by atoms with van der Waals surface area (Å²) in [7, 11) is -3.63. The van der Waals surface area contributed by atoms with Gasteiger partial charge in [-0.1, -0.05) is 0 Å². The lowest BCUT2D eigenvalue weighted by Gasteiger charge is -2.21. The van der Waals surface area contributed by atoms with Gasteiger partial charge in [0, 0.05) is 12.6 Å². The molecule has 0 spiro atoms. The predicted octanol–water partition coefficient (Wildman–Crippen LogP) is -0.863. The SMILES string of the molecule is Nc1[nH]ncc1S(=O)(=O)N1CCCC1CO. The van der Waals surface area contributed by atoms with Gasteiger partial charge in [-0.2, -0.15) is 9.40 Å². The van der Waals surface area contributed by atoms with E-state index in [-0.39, 0.29) is 23.4 Å². The van der Waals surface area contributed by atoms with Gasteiger partial charge in [-0.15, -0.1) is 0 Å². The highest BCUT2D eigenvalue weighted by molar-refractivity contribution is 7.89. The molecule has 1 aliphatic heterocycles. The van der Waals surface area contributed by atoms with Crippen molar-refractivity contribution in [2.24, 2.45) is 0 Å². The van der Waals surface area contributed by atoms with Crippen LogP contribution in [0.25, 0.3) is 0 Å². The number of aromatic amines is 1. The molecule has 16 heavy (non-hydrogen) atoms. The number of nitrogens with one attached hydrogen (secondary N) is 1. The maximum Gasteiger partial charge on any atom is 0.248 e. The number of rotatable bonds is 3. The number of nitrogens with zero attached hydrogens (tertiary/aromatic N) is 2. The summed E-state index contributed by atoms with van der Waals surface area (Å²) in [6, 6.07) is -0.348. The number of hydrogen-bond donors (Lipinski definition) is 3. The van der Waals surface area contributed by atoms with Crippen molar-refractivity contribution in [2.75, 3.05) is 18.9 Å². The van der Waals surface area contributed by atoms with Gasteiger partial charge in [0.25, 0.3) is 0 Å². The quantitative estimate of drug-likeness (QED) is 0.642. The molecule has 0 bridgehead atoms. The standard InChI is InChI=1S/C8H14N4O3S/c9-8-7(4-10-11-8)16(14,15)12-3-1-2-6(12)5-13/h4,6,13H,1-3,5H2,(H3,9,10,11). The van der Waals surface area contributed by atoms with E-state index in [1.54, 1.807) is 0 Å². The summed E-state index contributed by atoms with van der Waals surface area (Å²) in [5, 5.41) is 15.1. The van der Waals surface area contributed by atoms with Gasteiger partial charge < -0.3 is 10.8 Å². The zero-order chi connectivity index (χ0) is 11.8. The molecule has 0 radical (unpaired) electrons. The summed E-state index contributed by atoms with van der Waals surface area (Å²) in [5.41, 5.74) is 5.49. The Bertz CT molecular complexity index is 469. The Morgan fingerprint density at radius 2 is 2.44 bits per heavy atom. The first-order valence-corrected chi connectivity index (χ1v) is 6.43. The van der Waals surface area contributed by atoms with Gasteiger partial charge in [0.05, 0.1) is 12.8 Å². The van der Waals surface area contributed by atoms with Crippen LogP contribution in [0.1, 0.15) is 12.8 Å². The molecule has 8 heteroatoms. The van der Waals surface area contributed by atoms with Crippen LogP contribution in [0.3, 0.4) is 0 Å². The van der Waals surface area contributed by atoms with E-state index in [1.165, 1.54) is 10.5 Å². The Kier molecular flexibility index (Phi) is 2.87. The van der Waals surface area contributed by atoms with Crippen molar-refractivity contribution in [1.29, 1.82) is 0 Å². The molecule has 2 heterocycles. The average molecular weight is 246 g/mol. The smallest absolute Gasteiger partial charge is 0.248 e. The molecular formula is C8H14N4O3S. The molecule has 1 saturated heterocycles. The lowest BCUT2D eigenvalue weighted by atomic mass is 10.2. The third-order valence-electron chi connectivity index (χ3n) is 2.75. The Morgan fingerprint density at radius 3 is 3.00 bits per heavy atom. The number of anilines is 1. The van der Waals surface area contributed by atoms with Crippen molar-refractivity contribution >= 4 is 15.8 Å². The van der Waals surface area contributed by atoms with E-state index in [1.807, 2.05) is 0 Å². The number of nitrogens with two attached hydrogens (primary N) is 1. The number of hydrogen-bond acceptors (Lipinski definition) is 5. The van der Waals surface area contributed by atoms with E-state index in [9.17, 15) is 8.42 Å². The lowest BCUT2D eigenvalue weighted by molar-refractivity contribution is 0.213. The minimum absolute atomic E-state index is 0.0205. The Morgan fingerprint density at radius 1 is 1.69 bits per heavy atom. The fraction of sp³-hybridized carbons (Fsp3) is 0.625. The summed E-state index contributed by atoms with van der Waals surface area (Å²) in [4.78, 5) is -0.0205. The fourth-order valence-corrected chi connectivity index (χ4v) is 3.62. The summed E-state index contributed by atoms with van der Waals surface area (Å²) < 4.78 is 25.6. The maximum absolute atomic E-state index is 12.2. The van der Waals surface area contributed by atoms with E-state index in [2.05, 4.69) is 10.2 Å². The van der Waals surface area contributed by atoms with Gasteiger partial charge in [-0.25, -0.2) is 8.42 Å². The number of aromatic nitrogens is 2. The van der Waals surface area contributed by atoms with Crippen LogP contribution in [0.5, 0.6) is 0 Å². The summed E-state index contributed by atoms with van der Waals surface area (Å²) in [6.07, 6.45) is 2.62. The van der Waals surface area contributed by atoms with Crippen LogP contribution in [0.2, 0.25) is 0 Å². The van der Waals surface area contributed by atoms with E-state index < -0.39 is 10.0 Å². The van der Waals surface area contributed by atoms with Crippen LogP contribution in [0.15, 0.2) is 11.1 Å². The van der Waals surface area contributed by atoms with E-state index in [0.29, 0.717) is 13.0 Å². The minimum atomic E-state index is -3.63. The molecule has 0 aliphatic carbocycles. The largest absolute Gasteiger partial charge is 0.395 e. The van der Waals surface area contributed by atoms with Crippen LogP contribution in [0, 0.1) is 0 Å². The molecule has 2 rings (SSSR count). The second-order valence-corrected chi connectivity index (χ2v) is 5.60. The lowest BCUT2D eigenvalue weighted by Crippen LogP contribution is -2.37. The highest BCUT2D eigenvalue weighted by Gasteiger charge is 2.36. The van der Waals surface area contributed by atoms with Crippen molar-refractivity contribution in [1.82, 2.24) is 14.5 Å². The molecule has 1 unspecified atom stereocenters. The summed E-state index contributed by atoms with van der Waals surface area (Å²) >= 11 is 0. The molecular weight excluding hydrogens is 232 g/mol. The number of aliphatic hydroxyl groups excluding tert-OH is 1. The van der Waals surface area contributed by atoms with Crippen molar-refractivity contribution in [3.63, 3.8) is 0 Å². The van der Waals surface area contributed by atoms with Crippen LogP contribution in [-0.2, 0) is 10.0 Å². The molecule has 90 valence electrons. The number of aliphatic hydroxyl groups is 1. The topological polar surface area (TPSA) is 112 Å². The van der Waals surface area contributed by atoms with Gasteiger partial charge in [0.1, 0.15) is 10.7 Å². The summed E-state index contributed by atoms with van der Waals surface area (Å²) in [6.45, 7) is 0.245. The highest BCUT2D eigenvalue weighted by Crippen LogP contribution is 2.27. The van der Waals surface area contributed by atoms with Gasteiger partial charge in [0.15, 0.2) is 0 Å². The van der Waals surface area contributed by atoms with Crippen molar-refractivity contribution in [3.05, 3.63) is 6.20 Å². The first-order valence-electron chi connectivity index (χ1n) is 4.99. The molecule has 0 aromatic carbocycles. The third-order valence-corrected chi connectivity index (χ3v) is 4.73. The third kappa shape index (κ3) is 1.68. The highest BCUT2D eigenvalue weighted by atomic mass is 32.2. The molecule has 7 nitrogen and oxygen atoms in total. The zero-order valence-electron chi connectivity index (χ0n) is 8.63. The number of sulfonamides is 1. The van der Waals surface area contributed by atoms with Gasteiger partial charge in [0.2, 0.25) is 10.0 Å². The Labute approximate surface area is 93.3 Å². The summed E-state index contributed by atoms with van der Waals surface area (Å²) in [5.74, 6) is 0.0311. The van der Waals surface area contributed by atoms with Crippen LogP contribution in [0.4, 0.5) is 5.82 Å². The number of nitrogen functional groups attached to an aromatic ring is 1. The molecule has 1 aromatic heterocycles. The van der Waals surface area contributed by atoms with Crippen molar-refractivity contribution in [3.8, 4) is 0 Å². The molecule has 0 amide bonds. The van der Waals surface area contributed by atoms with Crippen molar-refractivity contribution < 1.29 is 13.5 Å². The molecule has 1 atom stereocenters. The number of H-pyrrole nitrogens is 1. The van der Waals surface area contributed by atoms with Gasteiger partial charge in [-0.3, -0.25) is 5.10 Å². The second kappa shape index (κ2) is 4.04. The zero-order valence-corrected chi connectivity index (χ0v) is 9.44. The monoisotopic (exact) mass is 246 g/mol. The minimum Gasteiger partial charge on any atom is -0.395 e. The van der Waals surface area contributed by atoms with Crippen molar-refractivity contribution in [2.45, 2.75) is 23.8 Å². The molecule has 1 aromatic rings. The van der Waals surface area contributed by atoms with Gasteiger partial charge in [-0.05, 0) is 12.8 Å². The molecule has 4 N–H and O–H groups in total. The van der Waals surface area contributed by atoms with Crippen LogP contribution in [-0.4, -0.2) is 47.2 Å². The molecule has 1 aliphatic rings. The van der Waals surface area contributed by atoms with E-state index in [4.69, 9.17) is 10.8 Å². The maximum atomic E-state index is 12.2. The first-order chi connectivity index (χ1) is 7.57. The van der Waals surface area contributed by atoms with E-state index in [0.717, 1.165) is 6.42 Å². The van der Waals surface area contributed by atoms with Gasteiger partial charge >= 0.3 is 0 Å². The van der Waals surface area contributed by atoms with Crippen LogP contribution < -0.4 is 5.73 Å². The molecule has 1 fully saturated rings. The second-order valence-electron chi connectivity index (χ2n) is 3.74.